The number of carbonyl (C=O) groups is 1. The first-order valence-corrected chi connectivity index (χ1v) is 9.72. The fourth-order valence-corrected chi connectivity index (χ4v) is 3.97. The molecule has 0 bridgehead atoms. The van der Waals surface area contributed by atoms with Crippen molar-refractivity contribution >= 4 is 40.7 Å². The van der Waals surface area contributed by atoms with Crippen LogP contribution in [-0.2, 0) is 14.8 Å². The van der Waals surface area contributed by atoms with Crippen LogP contribution in [0.3, 0.4) is 0 Å². The molecule has 0 atom stereocenters. The third-order valence-electron chi connectivity index (χ3n) is 4.20. The lowest BCUT2D eigenvalue weighted by Crippen LogP contribution is -2.52. The summed E-state index contributed by atoms with van der Waals surface area (Å²) in [6.07, 6.45) is 0. The van der Waals surface area contributed by atoms with Crippen LogP contribution in [0.4, 0.5) is 8.78 Å². The minimum atomic E-state index is -3.57. The summed E-state index contributed by atoms with van der Waals surface area (Å²) < 4.78 is 52.6. The maximum atomic E-state index is 13.0. The number of nitrogens with one attached hydrogen (secondary N) is 1. The molecule has 3 N–H and O–H groups in total. The van der Waals surface area contributed by atoms with Gasteiger partial charge >= 0.3 is 0 Å². The molecular weight excluding hydrogens is 437 g/mol. The first-order chi connectivity index (χ1) is 12.1. The largest absolute Gasteiger partial charge is 0.349 e. The second kappa shape index (κ2) is 11.2. The molecule has 0 aromatic heterocycles. The maximum Gasteiger partial charge on any atom is 0.277 e. The number of halogens is 4. The summed E-state index contributed by atoms with van der Waals surface area (Å²) in [6.45, 7) is 1.37. The third-order valence-corrected chi connectivity index (χ3v) is 6.11. The molecule has 162 valence electrons. The highest BCUT2D eigenvalue weighted by Crippen LogP contribution is 2.18. The van der Waals surface area contributed by atoms with E-state index < -0.39 is 34.9 Å². The van der Waals surface area contributed by atoms with Crippen LogP contribution in [-0.4, -0.2) is 75.3 Å². The predicted octanol–water partition coefficient (Wildman–Crippen LogP) is 0.855. The van der Waals surface area contributed by atoms with Gasteiger partial charge in [-0.1, -0.05) is 17.7 Å². The summed E-state index contributed by atoms with van der Waals surface area (Å²) in [5, 5.41) is 2.15. The minimum absolute atomic E-state index is 0. The highest BCUT2D eigenvalue weighted by molar-refractivity contribution is 7.89. The van der Waals surface area contributed by atoms with E-state index in [0.29, 0.717) is 13.1 Å². The second-order valence-corrected chi connectivity index (χ2v) is 8.27. The normalized spacial score (nSPS) is 16.0. The van der Waals surface area contributed by atoms with E-state index in [2.05, 4.69) is 5.32 Å². The Kier molecular flexibility index (Phi) is 10.8. The van der Waals surface area contributed by atoms with Crippen molar-refractivity contribution in [1.82, 2.24) is 14.5 Å². The van der Waals surface area contributed by atoms with Crippen molar-refractivity contribution in [3.05, 3.63) is 29.8 Å². The van der Waals surface area contributed by atoms with Crippen molar-refractivity contribution in [3.63, 3.8) is 0 Å². The smallest absolute Gasteiger partial charge is 0.277 e. The Morgan fingerprint density at radius 3 is 2.18 bits per heavy atom. The molecule has 2 rings (SSSR count). The molecule has 1 amide bonds. The van der Waals surface area contributed by atoms with Gasteiger partial charge in [0.25, 0.3) is 5.92 Å². The van der Waals surface area contributed by atoms with Gasteiger partial charge in [0, 0.05) is 26.2 Å². The Morgan fingerprint density at radius 2 is 1.68 bits per heavy atom. The van der Waals surface area contributed by atoms with E-state index in [9.17, 15) is 22.0 Å². The van der Waals surface area contributed by atoms with Crippen LogP contribution < -0.4 is 11.1 Å². The van der Waals surface area contributed by atoms with Gasteiger partial charge in [-0.3, -0.25) is 9.69 Å². The standard InChI is InChI=1S/C16H24F2N4O3S.2ClH/c1-13-2-4-14(5-3-13)26(24,25)22-8-6-21(7-9-22)10-15(23)20-12-16(17,18)11-19;;/h2-5H,6-12,19H2,1H3,(H,20,23);2*1H. The van der Waals surface area contributed by atoms with Crippen molar-refractivity contribution in [2.24, 2.45) is 5.73 Å². The fourth-order valence-electron chi connectivity index (χ4n) is 2.55. The molecule has 12 heteroatoms. The molecule has 0 unspecified atom stereocenters. The molecule has 0 radical (unpaired) electrons. The molecule has 1 fully saturated rings. The second-order valence-electron chi connectivity index (χ2n) is 6.33. The number of benzene rings is 1. The molecule has 0 spiro atoms. The Bertz CT molecular complexity index is 728. The molecule has 1 saturated heterocycles. The first-order valence-electron chi connectivity index (χ1n) is 8.28. The van der Waals surface area contributed by atoms with Gasteiger partial charge in [0.15, 0.2) is 0 Å². The number of nitrogens with zero attached hydrogens (tertiary/aromatic N) is 2. The fraction of sp³-hybridized carbons (Fsp3) is 0.562. The summed E-state index contributed by atoms with van der Waals surface area (Å²) in [6, 6.07) is 6.62. The van der Waals surface area contributed by atoms with E-state index in [0.717, 1.165) is 5.56 Å². The van der Waals surface area contributed by atoms with Crippen LogP contribution in [0.1, 0.15) is 5.56 Å². The Morgan fingerprint density at radius 1 is 1.14 bits per heavy atom. The van der Waals surface area contributed by atoms with Gasteiger partial charge in [0.05, 0.1) is 24.5 Å². The van der Waals surface area contributed by atoms with Gasteiger partial charge in [0.2, 0.25) is 15.9 Å². The van der Waals surface area contributed by atoms with E-state index in [1.165, 1.54) is 4.31 Å². The molecule has 1 aliphatic rings. The Hall–Kier alpha value is -1.04. The summed E-state index contributed by atoms with van der Waals surface area (Å²) in [5.74, 6) is -3.66. The monoisotopic (exact) mass is 462 g/mol. The van der Waals surface area contributed by atoms with Crippen molar-refractivity contribution in [1.29, 1.82) is 0 Å². The zero-order chi connectivity index (χ0) is 19.4. The lowest BCUT2D eigenvalue weighted by atomic mass is 10.2. The van der Waals surface area contributed by atoms with Crippen molar-refractivity contribution < 1.29 is 22.0 Å². The first kappa shape index (κ1) is 27.0. The van der Waals surface area contributed by atoms with E-state index in [1.54, 1.807) is 29.2 Å². The van der Waals surface area contributed by atoms with Gasteiger partial charge < -0.3 is 11.1 Å². The summed E-state index contributed by atoms with van der Waals surface area (Å²) in [4.78, 5) is 13.7. The van der Waals surface area contributed by atoms with E-state index in [4.69, 9.17) is 5.73 Å². The number of aryl methyl sites for hydroxylation is 1. The third kappa shape index (κ3) is 7.41. The van der Waals surface area contributed by atoms with Gasteiger partial charge in [-0.25, -0.2) is 17.2 Å². The van der Waals surface area contributed by atoms with E-state index in [1.807, 2.05) is 6.92 Å². The van der Waals surface area contributed by atoms with Gasteiger partial charge in [0.1, 0.15) is 0 Å². The molecule has 0 aliphatic carbocycles. The van der Waals surface area contributed by atoms with Gasteiger partial charge in [-0.2, -0.15) is 4.31 Å². The Labute approximate surface area is 176 Å². The molecule has 1 aromatic carbocycles. The molecule has 1 aliphatic heterocycles. The van der Waals surface area contributed by atoms with Crippen molar-refractivity contribution in [3.8, 4) is 0 Å². The number of amides is 1. The molecule has 0 saturated carbocycles. The highest BCUT2D eigenvalue weighted by atomic mass is 35.5. The lowest BCUT2D eigenvalue weighted by molar-refractivity contribution is -0.124. The van der Waals surface area contributed by atoms with Crippen molar-refractivity contribution in [2.75, 3.05) is 45.8 Å². The van der Waals surface area contributed by atoms with Crippen LogP contribution in [0.2, 0.25) is 0 Å². The SMILES string of the molecule is Cc1ccc(S(=O)(=O)N2CCN(CC(=O)NCC(F)(F)CN)CC2)cc1.Cl.Cl. The minimum Gasteiger partial charge on any atom is -0.349 e. The summed E-state index contributed by atoms with van der Waals surface area (Å²) >= 11 is 0. The predicted molar refractivity (Wildman–Crippen MR) is 108 cm³/mol. The average molecular weight is 463 g/mol. The summed E-state index contributed by atoms with van der Waals surface area (Å²) in [5.41, 5.74) is 5.89. The number of nitrogens with two attached hydrogens (primary N) is 1. The highest BCUT2D eigenvalue weighted by Gasteiger charge is 2.30. The van der Waals surface area contributed by atoms with Gasteiger partial charge in [-0.15, -0.1) is 24.8 Å². The Balaban J connectivity index is 0.00000364. The average Bonchev–Trinajstić information content (AvgIpc) is 2.61. The molecule has 1 aromatic rings. The zero-order valence-corrected chi connectivity index (χ0v) is 17.9. The van der Waals surface area contributed by atoms with E-state index in [-0.39, 0.29) is 49.3 Å². The number of piperazine rings is 1. The number of hydrogen-bond donors (Lipinski definition) is 2. The number of rotatable bonds is 7. The molecular formula is C16H26Cl2F2N4O3S. The quantitative estimate of drug-likeness (QED) is 0.626. The number of sulfonamides is 1. The number of hydrogen-bond acceptors (Lipinski definition) is 5. The zero-order valence-electron chi connectivity index (χ0n) is 15.4. The maximum absolute atomic E-state index is 13.0. The van der Waals surface area contributed by atoms with Crippen LogP contribution in [0.5, 0.6) is 0 Å². The van der Waals surface area contributed by atoms with E-state index >= 15 is 0 Å². The van der Waals surface area contributed by atoms with Crippen molar-refractivity contribution in [2.45, 2.75) is 17.7 Å². The van der Waals surface area contributed by atoms with Crippen LogP contribution in [0, 0.1) is 6.92 Å². The van der Waals surface area contributed by atoms with Crippen LogP contribution in [0.25, 0.3) is 0 Å². The topological polar surface area (TPSA) is 95.7 Å². The molecule has 28 heavy (non-hydrogen) atoms. The van der Waals surface area contributed by atoms with Crippen LogP contribution >= 0.6 is 24.8 Å². The number of carbonyl (C=O) groups excluding carboxylic acids is 1. The molecule has 1 heterocycles. The summed E-state index contributed by atoms with van der Waals surface area (Å²) in [7, 11) is -3.57. The molecule has 7 nitrogen and oxygen atoms in total. The van der Waals surface area contributed by atoms with Gasteiger partial charge in [-0.05, 0) is 19.1 Å². The lowest BCUT2D eigenvalue weighted by Gasteiger charge is -2.33. The van der Waals surface area contributed by atoms with Crippen LogP contribution in [0.15, 0.2) is 29.2 Å². The number of alkyl halides is 2.